The van der Waals surface area contributed by atoms with Gasteiger partial charge in [0.2, 0.25) is 0 Å². The van der Waals surface area contributed by atoms with Crippen LogP contribution in [0.5, 0.6) is 0 Å². The van der Waals surface area contributed by atoms with Crippen LogP contribution in [0, 0.1) is 0 Å². The van der Waals surface area contributed by atoms with Crippen molar-refractivity contribution in [3.8, 4) is 0 Å². The van der Waals surface area contributed by atoms with Gasteiger partial charge >= 0.3 is 0 Å². The molecule has 0 fully saturated rings. The minimum absolute atomic E-state index is 0.723. The number of ether oxygens (including phenoxy) is 1. The predicted molar refractivity (Wildman–Crippen MR) is 89.9 cm³/mol. The molecule has 21 heavy (non-hydrogen) atoms. The molecule has 0 saturated carbocycles. The highest BCUT2D eigenvalue weighted by atomic mass is 16.5. The van der Waals surface area contributed by atoms with E-state index >= 15 is 0 Å². The van der Waals surface area contributed by atoms with Crippen LogP contribution in [0.4, 0.5) is 0 Å². The monoisotopic (exact) mass is 293 g/mol. The number of hydrogen-bond acceptors (Lipinski definition) is 3. The van der Waals surface area contributed by atoms with Crippen molar-refractivity contribution in [1.29, 1.82) is 0 Å². The van der Waals surface area contributed by atoms with E-state index in [1.807, 2.05) is 37.7 Å². The van der Waals surface area contributed by atoms with E-state index in [-0.39, 0.29) is 0 Å². The van der Waals surface area contributed by atoms with Crippen LogP contribution in [-0.2, 0) is 17.6 Å². The first-order chi connectivity index (χ1) is 10.2. The first-order valence-corrected chi connectivity index (χ1v) is 8.15. The lowest BCUT2D eigenvalue weighted by Gasteiger charge is -1.96. The van der Waals surface area contributed by atoms with Gasteiger partial charge in [0.15, 0.2) is 5.65 Å². The molecule has 4 heteroatoms. The number of rotatable bonds is 5. The molecule has 4 nitrogen and oxygen atoms in total. The maximum absolute atomic E-state index is 5.31. The van der Waals surface area contributed by atoms with Crippen molar-refractivity contribution in [3.63, 3.8) is 0 Å². The summed E-state index contributed by atoms with van der Waals surface area (Å²) in [6.45, 7) is 13.8. The summed E-state index contributed by atoms with van der Waals surface area (Å²) >= 11 is 0. The van der Waals surface area contributed by atoms with E-state index in [2.05, 4.69) is 36.9 Å². The van der Waals surface area contributed by atoms with Gasteiger partial charge in [-0.25, -0.2) is 9.50 Å². The zero-order valence-electron chi connectivity index (χ0n) is 14.5. The Morgan fingerprint density at radius 1 is 1.14 bits per heavy atom. The molecule has 0 aromatic carbocycles. The third-order valence-electron chi connectivity index (χ3n) is 2.54. The molecule has 0 spiro atoms. The molecule has 120 valence electrons. The highest BCUT2D eigenvalue weighted by Gasteiger charge is 2.02. The molecular formula is C17H31N3O. The van der Waals surface area contributed by atoms with Crippen molar-refractivity contribution < 1.29 is 4.74 Å². The summed E-state index contributed by atoms with van der Waals surface area (Å²) in [5.41, 5.74) is 3.18. The largest absolute Gasteiger partial charge is 0.381 e. The van der Waals surface area contributed by atoms with Gasteiger partial charge in [-0.1, -0.05) is 41.0 Å². The van der Waals surface area contributed by atoms with Crippen molar-refractivity contribution in [3.05, 3.63) is 29.7 Å². The first-order valence-electron chi connectivity index (χ1n) is 8.15. The number of hydrogen-bond donors (Lipinski definition) is 0. The molecule has 2 rings (SSSR count). The molecule has 0 amide bonds. The van der Waals surface area contributed by atoms with Crippen LogP contribution < -0.4 is 0 Å². The Hall–Kier alpha value is -1.42. The van der Waals surface area contributed by atoms with Crippen molar-refractivity contribution >= 4 is 5.65 Å². The zero-order chi connectivity index (χ0) is 16.1. The topological polar surface area (TPSA) is 39.4 Å². The number of aromatic nitrogens is 3. The second-order valence-electron chi connectivity index (χ2n) is 4.41. The molecule has 0 N–H and O–H groups in total. The number of imidazole rings is 1. The van der Waals surface area contributed by atoms with Gasteiger partial charge in [-0.3, -0.25) is 0 Å². The van der Waals surface area contributed by atoms with E-state index in [1.54, 1.807) is 0 Å². The Balaban J connectivity index is 0.000000713. The van der Waals surface area contributed by atoms with Gasteiger partial charge < -0.3 is 4.74 Å². The summed E-state index contributed by atoms with van der Waals surface area (Å²) < 4.78 is 7.13. The van der Waals surface area contributed by atoms with Gasteiger partial charge in [0.05, 0.1) is 24.7 Å². The lowest BCUT2D eigenvalue weighted by molar-refractivity contribution is 0.150. The molecule has 2 heterocycles. The van der Waals surface area contributed by atoms with Crippen LogP contribution in [0.15, 0.2) is 18.5 Å². The van der Waals surface area contributed by atoms with Gasteiger partial charge in [0.1, 0.15) is 0 Å². The average molecular weight is 293 g/mol. The third kappa shape index (κ3) is 7.23. The van der Waals surface area contributed by atoms with Gasteiger partial charge in [-0.2, -0.15) is 5.10 Å². The Kier molecular flexibility index (Phi) is 11.5. The van der Waals surface area contributed by atoms with E-state index in [9.17, 15) is 0 Å². The first kappa shape index (κ1) is 19.6. The summed E-state index contributed by atoms with van der Waals surface area (Å²) in [5.74, 6) is 0. The standard InChI is InChI=1S/C12H17N3O.C3H8.C2H6/c1-3-10-7-12-14-11(5-6-16-4-2)9-15(12)13-8-10;1-3-2;1-2/h7-9H,3-6H2,1-2H3;3H2,1-2H3;1-2H3. The fourth-order valence-electron chi connectivity index (χ4n) is 1.60. The second kappa shape index (κ2) is 12.3. The molecule has 0 atom stereocenters. The van der Waals surface area contributed by atoms with Crippen LogP contribution in [-0.4, -0.2) is 27.8 Å². The van der Waals surface area contributed by atoms with E-state index in [1.165, 1.54) is 12.0 Å². The van der Waals surface area contributed by atoms with Gasteiger partial charge in [0.25, 0.3) is 0 Å². The predicted octanol–water partition coefficient (Wildman–Crippen LogP) is 4.31. The highest BCUT2D eigenvalue weighted by Crippen LogP contribution is 2.07. The van der Waals surface area contributed by atoms with Crippen LogP contribution >= 0.6 is 0 Å². The van der Waals surface area contributed by atoms with E-state index in [4.69, 9.17) is 4.74 Å². The Morgan fingerprint density at radius 2 is 1.81 bits per heavy atom. The molecule has 0 bridgehead atoms. The third-order valence-corrected chi connectivity index (χ3v) is 2.54. The Labute approximate surface area is 129 Å². The molecule has 0 aliphatic rings. The summed E-state index contributed by atoms with van der Waals surface area (Å²) in [6.07, 6.45) is 6.94. The molecule has 2 aromatic rings. The van der Waals surface area contributed by atoms with Crippen molar-refractivity contribution in [1.82, 2.24) is 14.6 Å². The molecule has 2 aromatic heterocycles. The normalized spacial score (nSPS) is 9.62. The minimum atomic E-state index is 0.723. The van der Waals surface area contributed by atoms with Gasteiger partial charge in [0, 0.05) is 13.0 Å². The molecule has 0 radical (unpaired) electrons. The number of aryl methyl sites for hydroxylation is 1. The molecular weight excluding hydrogens is 262 g/mol. The minimum Gasteiger partial charge on any atom is -0.381 e. The molecule has 0 unspecified atom stereocenters. The maximum Gasteiger partial charge on any atom is 0.154 e. The zero-order valence-corrected chi connectivity index (χ0v) is 14.5. The summed E-state index contributed by atoms with van der Waals surface area (Å²) in [6, 6.07) is 2.08. The fourth-order valence-corrected chi connectivity index (χ4v) is 1.60. The lowest BCUT2D eigenvalue weighted by atomic mass is 10.2. The number of fused-ring (bicyclic) bond motifs is 1. The van der Waals surface area contributed by atoms with Crippen LogP contribution in [0.1, 0.15) is 59.2 Å². The van der Waals surface area contributed by atoms with E-state index in [0.717, 1.165) is 37.4 Å². The van der Waals surface area contributed by atoms with Crippen LogP contribution in [0.3, 0.4) is 0 Å². The number of nitrogens with zero attached hydrogens (tertiary/aromatic N) is 3. The fraction of sp³-hybridized carbons (Fsp3) is 0.647. The van der Waals surface area contributed by atoms with Crippen LogP contribution in [0.25, 0.3) is 5.65 Å². The smallest absolute Gasteiger partial charge is 0.154 e. The van der Waals surface area contributed by atoms with Crippen molar-refractivity contribution in [2.24, 2.45) is 0 Å². The summed E-state index contributed by atoms with van der Waals surface area (Å²) in [4.78, 5) is 4.51. The maximum atomic E-state index is 5.31. The average Bonchev–Trinajstić information content (AvgIpc) is 2.92. The van der Waals surface area contributed by atoms with Gasteiger partial charge in [-0.15, -0.1) is 0 Å². The molecule has 0 aliphatic heterocycles. The Bertz CT molecular complexity index is 480. The SMILES string of the molecule is CC.CCC.CCOCCc1cn2ncc(CC)cc2n1. The summed E-state index contributed by atoms with van der Waals surface area (Å²) in [7, 11) is 0. The summed E-state index contributed by atoms with van der Waals surface area (Å²) in [5, 5.41) is 4.31. The van der Waals surface area contributed by atoms with Crippen molar-refractivity contribution in [2.75, 3.05) is 13.2 Å². The van der Waals surface area contributed by atoms with E-state index < -0.39 is 0 Å². The quantitative estimate of drug-likeness (QED) is 0.771. The molecule has 0 saturated heterocycles. The second-order valence-corrected chi connectivity index (χ2v) is 4.41. The van der Waals surface area contributed by atoms with E-state index in [0.29, 0.717) is 0 Å². The van der Waals surface area contributed by atoms with Gasteiger partial charge in [-0.05, 0) is 25.0 Å². The Morgan fingerprint density at radius 3 is 2.38 bits per heavy atom. The van der Waals surface area contributed by atoms with Crippen molar-refractivity contribution in [2.45, 2.75) is 60.8 Å². The highest BCUT2D eigenvalue weighted by molar-refractivity contribution is 5.40. The molecule has 0 aliphatic carbocycles. The van der Waals surface area contributed by atoms with Crippen LogP contribution in [0.2, 0.25) is 0 Å². The lowest BCUT2D eigenvalue weighted by Crippen LogP contribution is -1.97.